The number of anilines is 1. The van der Waals surface area contributed by atoms with Gasteiger partial charge in [0.2, 0.25) is 0 Å². The highest BCUT2D eigenvalue weighted by molar-refractivity contribution is 5.94. The van der Waals surface area contributed by atoms with Crippen LogP contribution in [0.1, 0.15) is 29.4 Å². The van der Waals surface area contributed by atoms with Gasteiger partial charge in [-0.25, -0.2) is 4.98 Å². The number of aromatic nitrogens is 3. The third-order valence-electron chi connectivity index (χ3n) is 3.17. The minimum Gasteiger partial charge on any atom is -0.370 e. The summed E-state index contributed by atoms with van der Waals surface area (Å²) in [6.07, 6.45) is 5.14. The molecular weight excluding hydrogens is 266 g/mol. The maximum Gasteiger partial charge on any atom is 0.252 e. The van der Waals surface area contributed by atoms with E-state index in [2.05, 4.69) is 27.6 Å². The van der Waals surface area contributed by atoms with E-state index in [0.29, 0.717) is 12.1 Å². The molecule has 0 fully saturated rings. The number of aryl methyl sites for hydroxylation is 1. The molecule has 0 aromatic carbocycles. The summed E-state index contributed by atoms with van der Waals surface area (Å²) in [5.41, 5.74) is 1.66. The van der Waals surface area contributed by atoms with Crippen LogP contribution in [-0.2, 0) is 13.5 Å². The number of hydrogen-bond acceptors (Lipinski definition) is 4. The molecule has 0 aliphatic rings. The second-order valence-corrected chi connectivity index (χ2v) is 4.81. The third kappa shape index (κ3) is 4.30. The topological polar surface area (TPSA) is 71.8 Å². The summed E-state index contributed by atoms with van der Waals surface area (Å²) in [5, 5.41) is 10.2. The molecular formula is C15H21N5O. The van der Waals surface area contributed by atoms with Crippen LogP contribution in [-0.4, -0.2) is 33.8 Å². The zero-order valence-corrected chi connectivity index (χ0v) is 12.5. The van der Waals surface area contributed by atoms with Crippen molar-refractivity contribution in [1.82, 2.24) is 20.1 Å². The zero-order valence-electron chi connectivity index (χ0n) is 12.5. The van der Waals surface area contributed by atoms with Crippen molar-refractivity contribution in [3.8, 4) is 0 Å². The van der Waals surface area contributed by atoms with Crippen LogP contribution in [0.25, 0.3) is 0 Å². The smallest absolute Gasteiger partial charge is 0.252 e. The van der Waals surface area contributed by atoms with Crippen molar-refractivity contribution in [2.75, 3.05) is 18.4 Å². The molecule has 0 saturated heterocycles. The first-order valence-corrected chi connectivity index (χ1v) is 7.15. The van der Waals surface area contributed by atoms with Crippen molar-refractivity contribution in [1.29, 1.82) is 0 Å². The van der Waals surface area contributed by atoms with Crippen LogP contribution >= 0.6 is 0 Å². The Bertz CT molecular complexity index is 576. The van der Waals surface area contributed by atoms with Crippen molar-refractivity contribution in [2.24, 2.45) is 7.05 Å². The van der Waals surface area contributed by atoms with E-state index in [1.807, 2.05) is 23.9 Å². The Morgan fingerprint density at radius 3 is 2.76 bits per heavy atom. The molecule has 2 rings (SSSR count). The minimum atomic E-state index is -0.105. The summed E-state index contributed by atoms with van der Waals surface area (Å²) in [5.74, 6) is 0.690. The van der Waals surface area contributed by atoms with Crippen molar-refractivity contribution in [2.45, 2.75) is 19.8 Å². The highest BCUT2D eigenvalue weighted by Gasteiger charge is 2.06. The van der Waals surface area contributed by atoms with Gasteiger partial charge in [-0.05, 0) is 24.6 Å². The number of hydrogen-bond donors (Lipinski definition) is 2. The van der Waals surface area contributed by atoms with E-state index >= 15 is 0 Å². The second kappa shape index (κ2) is 7.42. The predicted octanol–water partition coefficient (Wildman–Crippen LogP) is 1.61. The van der Waals surface area contributed by atoms with E-state index in [-0.39, 0.29) is 5.91 Å². The molecule has 21 heavy (non-hydrogen) atoms. The first kappa shape index (κ1) is 15.0. The maximum absolute atomic E-state index is 12.0. The Morgan fingerprint density at radius 2 is 2.14 bits per heavy atom. The molecule has 6 nitrogen and oxygen atoms in total. The summed E-state index contributed by atoms with van der Waals surface area (Å²) in [7, 11) is 1.89. The number of amides is 1. The first-order chi connectivity index (χ1) is 10.2. The van der Waals surface area contributed by atoms with Gasteiger partial charge in [-0.15, -0.1) is 0 Å². The van der Waals surface area contributed by atoms with E-state index in [0.717, 1.165) is 30.9 Å². The average Bonchev–Trinajstić information content (AvgIpc) is 2.91. The number of rotatable bonds is 7. The Balaban J connectivity index is 1.81. The lowest BCUT2D eigenvalue weighted by atomic mass is 10.2. The maximum atomic E-state index is 12.0. The van der Waals surface area contributed by atoms with Crippen LogP contribution < -0.4 is 10.6 Å². The molecule has 0 aliphatic heterocycles. The summed E-state index contributed by atoms with van der Waals surface area (Å²) in [6, 6.07) is 5.55. The Kier molecular flexibility index (Phi) is 5.31. The minimum absolute atomic E-state index is 0.105. The molecule has 0 atom stereocenters. The summed E-state index contributed by atoms with van der Waals surface area (Å²) < 4.78 is 1.81. The Labute approximate surface area is 124 Å². The molecule has 2 aromatic rings. The zero-order chi connectivity index (χ0) is 15.1. The van der Waals surface area contributed by atoms with E-state index < -0.39 is 0 Å². The fourth-order valence-corrected chi connectivity index (χ4v) is 1.94. The van der Waals surface area contributed by atoms with Gasteiger partial charge in [0.05, 0.1) is 5.56 Å². The largest absolute Gasteiger partial charge is 0.370 e. The average molecular weight is 287 g/mol. The van der Waals surface area contributed by atoms with Crippen molar-refractivity contribution in [3.05, 3.63) is 41.9 Å². The van der Waals surface area contributed by atoms with Gasteiger partial charge in [0, 0.05) is 44.6 Å². The summed E-state index contributed by atoms with van der Waals surface area (Å²) >= 11 is 0. The predicted molar refractivity (Wildman–Crippen MR) is 82.3 cm³/mol. The molecule has 6 heteroatoms. The van der Waals surface area contributed by atoms with Gasteiger partial charge in [-0.2, -0.15) is 5.10 Å². The molecule has 2 N–H and O–H groups in total. The summed E-state index contributed by atoms with van der Waals surface area (Å²) in [6.45, 7) is 3.55. The highest BCUT2D eigenvalue weighted by atomic mass is 16.1. The van der Waals surface area contributed by atoms with Gasteiger partial charge in [0.25, 0.3) is 5.91 Å². The molecule has 1 amide bonds. The lowest BCUT2D eigenvalue weighted by Crippen LogP contribution is -2.26. The van der Waals surface area contributed by atoms with E-state index in [9.17, 15) is 4.79 Å². The van der Waals surface area contributed by atoms with Crippen LogP contribution in [0.4, 0.5) is 5.82 Å². The standard InChI is InChI=1S/C15H21N5O/c1-3-8-16-14-5-4-12(11-18-14)15(21)17-9-6-13-7-10-19-20(13)2/h4-5,7,10-11H,3,6,8-9H2,1-2H3,(H,16,18)(H,17,21). The van der Waals surface area contributed by atoms with Crippen molar-refractivity contribution in [3.63, 3.8) is 0 Å². The van der Waals surface area contributed by atoms with Crippen molar-refractivity contribution < 1.29 is 4.79 Å². The molecule has 0 aliphatic carbocycles. The molecule has 112 valence electrons. The van der Waals surface area contributed by atoms with Gasteiger partial charge < -0.3 is 10.6 Å². The van der Waals surface area contributed by atoms with Gasteiger partial charge in [-0.3, -0.25) is 9.48 Å². The number of carbonyl (C=O) groups is 1. The second-order valence-electron chi connectivity index (χ2n) is 4.81. The van der Waals surface area contributed by atoms with Crippen LogP contribution in [0.3, 0.4) is 0 Å². The quantitative estimate of drug-likeness (QED) is 0.811. The molecule has 0 spiro atoms. The Hall–Kier alpha value is -2.37. The van der Waals surface area contributed by atoms with E-state index in [4.69, 9.17) is 0 Å². The van der Waals surface area contributed by atoms with Gasteiger partial charge >= 0.3 is 0 Å². The number of nitrogens with one attached hydrogen (secondary N) is 2. The van der Waals surface area contributed by atoms with Crippen LogP contribution in [0.2, 0.25) is 0 Å². The number of pyridine rings is 1. The van der Waals surface area contributed by atoms with E-state index in [1.54, 1.807) is 18.5 Å². The lowest BCUT2D eigenvalue weighted by molar-refractivity contribution is 0.0953. The van der Waals surface area contributed by atoms with Crippen LogP contribution in [0.15, 0.2) is 30.6 Å². The van der Waals surface area contributed by atoms with E-state index in [1.165, 1.54) is 0 Å². The molecule has 2 aromatic heterocycles. The fourth-order valence-electron chi connectivity index (χ4n) is 1.94. The molecule has 0 bridgehead atoms. The van der Waals surface area contributed by atoms with Crippen molar-refractivity contribution >= 4 is 11.7 Å². The molecule has 0 unspecified atom stereocenters. The molecule has 0 saturated carbocycles. The molecule has 2 heterocycles. The van der Waals surface area contributed by atoms with Gasteiger partial charge in [-0.1, -0.05) is 6.92 Å². The highest BCUT2D eigenvalue weighted by Crippen LogP contribution is 2.05. The first-order valence-electron chi connectivity index (χ1n) is 7.15. The van der Waals surface area contributed by atoms with Gasteiger partial charge in [0.15, 0.2) is 0 Å². The SMILES string of the molecule is CCCNc1ccc(C(=O)NCCc2ccnn2C)cn1. The summed E-state index contributed by atoms with van der Waals surface area (Å²) in [4.78, 5) is 16.2. The lowest BCUT2D eigenvalue weighted by Gasteiger charge is -2.07. The number of nitrogens with zero attached hydrogens (tertiary/aromatic N) is 3. The fraction of sp³-hybridized carbons (Fsp3) is 0.400. The Morgan fingerprint density at radius 1 is 1.29 bits per heavy atom. The normalized spacial score (nSPS) is 10.4. The van der Waals surface area contributed by atoms with Crippen LogP contribution in [0, 0.1) is 0 Å². The van der Waals surface area contributed by atoms with Gasteiger partial charge in [0.1, 0.15) is 5.82 Å². The number of carbonyl (C=O) groups excluding carboxylic acids is 1. The molecule has 0 radical (unpaired) electrons. The van der Waals surface area contributed by atoms with Crippen LogP contribution in [0.5, 0.6) is 0 Å². The monoisotopic (exact) mass is 287 g/mol. The third-order valence-corrected chi connectivity index (χ3v) is 3.17.